The van der Waals surface area contributed by atoms with Gasteiger partial charge < -0.3 is 19.2 Å². The molecule has 2 heterocycles. The second kappa shape index (κ2) is 9.88. The van der Waals surface area contributed by atoms with Crippen molar-refractivity contribution in [1.29, 1.82) is 0 Å². The monoisotopic (exact) mass is 515 g/mol. The number of aliphatic hydroxyl groups is 1. The van der Waals surface area contributed by atoms with Crippen LogP contribution in [0.4, 0.5) is 0 Å². The molecule has 1 aliphatic heterocycles. The van der Waals surface area contributed by atoms with E-state index in [0.717, 1.165) is 72.6 Å². The van der Waals surface area contributed by atoms with Crippen LogP contribution in [-0.2, 0) is 17.6 Å². The van der Waals surface area contributed by atoms with Crippen molar-refractivity contribution in [3.63, 3.8) is 0 Å². The number of amides is 1. The Bertz CT molecular complexity index is 1410. The van der Waals surface area contributed by atoms with Crippen LogP contribution in [0, 0.1) is 12.8 Å². The minimum Gasteiger partial charge on any atom is -0.480 e. The molecular formula is C32H37NO5. The zero-order valence-corrected chi connectivity index (χ0v) is 22.4. The number of aryl methyl sites for hydroxylation is 2. The molecule has 200 valence electrons. The third kappa shape index (κ3) is 4.33. The number of nitrogens with zero attached hydrogens (tertiary/aromatic N) is 1. The molecule has 0 bridgehead atoms. The van der Waals surface area contributed by atoms with Gasteiger partial charge in [0.25, 0.3) is 5.91 Å². The van der Waals surface area contributed by atoms with Gasteiger partial charge in [0.2, 0.25) is 0 Å². The van der Waals surface area contributed by atoms with E-state index in [0.29, 0.717) is 30.7 Å². The van der Waals surface area contributed by atoms with Crippen molar-refractivity contribution in [2.24, 2.45) is 5.92 Å². The highest BCUT2D eigenvalue weighted by molar-refractivity contribution is 5.89. The fourth-order valence-corrected chi connectivity index (χ4v) is 7.23. The molecule has 0 unspecified atom stereocenters. The highest BCUT2D eigenvalue weighted by Crippen LogP contribution is 2.49. The Balaban J connectivity index is 1.35. The van der Waals surface area contributed by atoms with Gasteiger partial charge in [-0.15, -0.1) is 0 Å². The third-order valence-corrected chi connectivity index (χ3v) is 9.07. The number of benzene rings is 2. The van der Waals surface area contributed by atoms with Crippen LogP contribution in [0.1, 0.15) is 80.2 Å². The Morgan fingerprint density at radius 1 is 1.08 bits per heavy atom. The summed E-state index contributed by atoms with van der Waals surface area (Å²) in [4.78, 5) is 28.7. The number of likely N-dealkylation sites (tertiary alicyclic amines) is 1. The molecule has 3 aromatic rings. The third-order valence-electron chi connectivity index (χ3n) is 9.07. The van der Waals surface area contributed by atoms with E-state index in [1.807, 2.05) is 49.1 Å². The molecule has 1 amide bonds. The molecule has 6 nitrogen and oxygen atoms in total. The first kappa shape index (κ1) is 25.2. The molecule has 1 saturated carbocycles. The van der Waals surface area contributed by atoms with Crippen molar-refractivity contribution in [2.45, 2.75) is 89.4 Å². The second-order valence-corrected chi connectivity index (χ2v) is 11.5. The molecule has 0 spiro atoms. The zero-order valence-electron chi connectivity index (χ0n) is 22.4. The molecule has 38 heavy (non-hydrogen) atoms. The van der Waals surface area contributed by atoms with Gasteiger partial charge in [-0.3, -0.25) is 4.79 Å². The highest BCUT2D eigenvalue weighted by atomic mass is 16.5. The quantitative estimate of drug-likeness (QED) is 0.455. The number of fused-ring (bicyclic) bond motifs is 4. The lowest BCUT2D eigenvalue weighted by Gasteiger charge is -2.53. The average Bonchev–Trinajstić information content (AvgIpc) is 2.92. The van der Waals surface area contributed by atoms with Gasteiger partial charge in [-0.1, -0.05) is 43.2 Å². The molecule has 0 radical (unpaired) electrons. The fourth-order valence-electron chi connectivity index (χ4n) is 7.23. The smallest absolute Gasteiger partial charge is 0.339 e. The van der Waals surface area contributed by atoms with E-state index in [4.69, 9.17) is 9.15 Å². The van der Waals surface area contributed by atoms with Crippen molar-refractivity contribution in [3.05, 3.63) is 75.1 Å². The molecule has 4 atom stereocenters. The lowest BCUT2D eigenvalue weighted by Crippen LogP contribution is -2.58. The van der Waals surface area contributed by atoms with Crippen LogP contribution in [0.15, 0.2) is 51.7 Å². The van der Waals surface area contributed by atoms with E-state index < -0.39 is 11.7 Å². The van der Waals surface area contributed by atoms with E-state index in [1.54, 1.807) is 0 Å². The summed E-state index contributed by atoms with van der Waals surface area (Å²) in [5, 5.41) is 12.4. The first-order valence-electron chi connectivity index (χ1n) is 14.2. The van der Waals surface area contributed by atoms with Crippen LogP contribution in [0.2, 0.25) is 0 Å². The topological polar surface area (TPSA) is 80.0 Å². The van der Waals surface area contributed by atoms with Crippen LogP contribution < -0.4 is 10.4 Å². The summed E-state index contributed by atoms with van der Waals surface area (Å²) in [7, 11) is 0. The van der Waals surface area contributed by atoms with Gasteiger partial charge in [0.15, 0.2) is 6.10 Å². The summed E-state index contributed by atoms with van der Waals surface area (Å²) in [5.41, 5.74) is 3.26. The molecule has 3 aliphatic rings. The lowest BCUT2D eigenvalue weighted by atomic mass is 9.66. The van der Waals surface area contributed by atoms with Crippen molar-refractivity contribution >= 4 is 16.9 Å². The average molecular weight is 516 g/mol. The van der Waals surface area contributed by atoms with Crippen LogP contribution in [0.25, 0.3) is 11.0 Å². The molecule has 1 N–H and O–H groups in total. The Kier molecular flexibility index (Phi) is 6.55. The number of hydrogen-bond donors (Lipinski definition) is 1. The van der Waals surface area contributed by atoms with Gasteiger partial charge in [-0.05, 0) is 87.6 Å². The Morgan fingerprint density at radius 3 is 2.63 bits per heavy atom. The highest BCUT2D eigenvalue weighted by Gasteiger charge is 2.50. The first-order chi connectivity index (χ1) is 18.4. The summed E-state index contributed by atoms with van der Waals surface area (Å²) in [6.45, 7) is 4.25. The lowest BCUT2D eigenvalue weighted by molar-refractivity contribution is -0.161. The number of hydrogen-bond acceptors (Lipinski definition) is 5. The molecule has 6 rings (SSSR count). The first-order valence-corrected chi connectivity index (χ1v) is 14.2. The van der Waals surface area contributed by atoms with Gasteiger partial charge in [0.1, 0.15) is 11.3 Å². The number of ether oxygens (including phenoxy) is 1. The van der Waals surface area contributed by atoms with Crippen molar-refractivity contribution < 1.29 is 19.1 Å². The molecule has 1 saturated heterocycles. The number of carbonyl (C=O) groups excluding carboxylic acids is 1. The van der Waals surface area contributed by atoms with Crippen molar-refractivity contribution in [3.8, 4) is 5.75 Å². The Morgan fingerprint density at radius 2 is 1.84 bits per heavy atom. The molecule has 2 fully saturated rings. The van der Waals surface area contributed by atoms with Crippen LogP contribution >= 0.6 is 0 Å². The normalized spacial score (nSPS) is 25.9. The summed E-state index contributed by atoms with van der Waals surface area (Å²) >= 11 is 0. The van der Waals surface area contributed by atoms with Crippen LogP contribution in [-0.4, -0.2) is 34.2 Å². The summed E-state index contributed by atoms with van der Waals surface area (Å²) < 4.78 is 12.2. The maximum absolute atomic E-state index is 14.1. The van der Waals surface area contributed by atoms with Gasteiger partial charge in [-0.2, -0.15) is 0 Å². The second-order valence-electron chi connectivity index (χ2n) is 11.5. The number of rotatable bonds is 4. The predicted octanol–water partition coefficient (Wildman–Crippen LogP) is 5.64. The molecule has 2 aliphatic carbocycles. The van der Waals surface area contributed by atoms with Crippen LogP contribution in [0.5, 0.6) is 5.75 Å². The van der Waals surface area contributed by atoms with Gasteiger partial charge in [-0.25, -0.2) is 4.79 Å². The van der Waals surface area contributed by atoms with E-state index >= 15 is 0 Å². The largest absolute Gasteiger partial charge is 0.480 e. The van der Waals surface area contributed by atoms with E-state index in [9.17, 15) is 14.7 Å². The maximum atomic E-state index is 14.1. The molecule has 2 aromatic carbocycles. The number of carbonyl (C=O) groups is 1. The van der Waals surface area contributed by atoms with Gasteiger partial charge in [0.05, 0.1) is 17.0 Å². The maximum Gasteiger partial charge on any atom is 0.339 e. The Labute approximate surface area is 223 Å². The van der Waals surface area contributed by atoms with Gasteiger partial charge >= 0.3 is 5.63 Å². The SMILES string of the molecule is Cc1cc(O[C@@H](C)C(=O)N2CC[C@@]3(O)CCCC[C@H]3[C@@H]2c2ccccc2)c2c3c(c(=O)oc2c1)CCCC3. The fraction of sp³-hybridized carbons (Fsp3) is 0.500. The minimum atomic E-state index is -0.733. The summed E-state index contributed by atoms with van der Waals surface area (Å²) in [6, 6.07) is 13.8. The van der Waals surface area contributed by atoms with Crippen molar-refractivity contribution in [2.75, 3.05) is 6.54 Å². The molecule has 6 heteroatoms. The molecular weight excluding hydrogens is 478 g/mol. The summed E-state index contributed by atoms with van der Waals surface area (Å²) in [6.07, 6.45) is 7.17. The predicted molar refractivity (Wildman–Crippen MR) is 146 cm³/mol. The van der Waals surface area contributed by atoms with E-state index in [-0.39, 0.29) is 23.5 Å². The number of piperidine rings is 1. The Hall–Kier alpha value is -3.12. The zero-order chi connectivity index (χ0) is 26.4. The van der Waals surface area contributed by atoms with Crippen molar-refractivity contribution in [1.82, 2.24) is 4.90 Å². The molecule has 1 aromatic heterocycles. The standard InChI is InChI=1S/C32H37NO5/c1-20-18-26(28-23-12-6-7-13-24(23)31(35)38-27(28)19-20)37-21(2)30(34)33-17-16-32(36)15-9-8-14-25(32)29(33)22-10-4-3-5-11-22/h3-5,10-11,18-19,21,25,29,36H,6-9,12-17H2,1-2H3/t21-,25-,29-,32-/m0/s1. The van der Waals surface area contributed by atoms with Gasteiger partial charge in [0, 0.05) is 18.0 Å². The summed E-state index contributed by atoms with van der Waals surface area (Å²) in [5.74, 6) is 0.530. The van der Waals surface area contributed by atoms with E-state index in [1.165, 1.54) is 0 Å². The van der Waals surface area contributed by atoms with E-state index in [2.05, 4.69) is 12.1 Å². The van der Waals surface area contributed by atoms with Crippen LogP contribution in [0.3, 0.4) is 0 Å². The minimum absolute atomic E-state index is 0.00430.